The van der Waals surface area contributed by atoms with E-state index in [4.69, 9.17) is 10.5 Å². The van der Waals surface area contributed by atoms with Crippen LogP contribution < -0.4 is 15.8 Å². The van der Waals surface area contributed by atoms with E-state index in [1.165, 1.54) is 0 Å². The Labute approximate surface area is 181 Å². The molecule has 0 saturated heterocycles. The number of fused-ring (bicyclic) bond motifs is 3. The highest BCUT2D eigenvalue weighted by atomic mass is 16.5. The highest BCUT2D eigenvalue weighted by Crippen LogP contribution is 2.27. The number of amides is 1. The van der Waals surface area contributed by atoms with Crippen LogP contribution in [0.3, 0.4) is 0 Å². The number of imidazole rings is 1. The number of carbonyl (C=O) groups is 1. The molecule has 31 heavy (non-hydrogen) atoms. The molecule has 0 saturated carbocycles. The van der Waals surface area contributed by atoms with Gasteiger partial charge in [-0.2, -0.15) is 0 Å². The van der Waals surface area contributed by atoms with Gasteiger partial charge in [-0.05, 0) is 36.6 Å². The molecule has 4 aromatic rings. The molecule has 160 valence electrons. The molecular formula is C24H27N5O2. The summed E-state index contributed by atoms with van der Waals surface area (Å²) in [5.74, 6) is 1.35. The van der Waals surface area contributed by atoms with Crippen LogP contribution in [0, 0.1) is 0 Å². The predicted octanol–water partition coefficient (Wildman–Crippen LogP) is 4.05. The Hall–Kier alpha value is -3.61. The van der Waals surface area contributed by atoms with Crippen molar-refractivity contribution in [1.82, 2.24) is 19.9 Å². The van der Waals surface area contributed by atoms with Gasteiger partial charge in [-0.1, -0.05) is 36.8 Å². The van der Waals surface area contributed by atoms with Crippen LogP contribution in [0.15, 0.2) is 54.9 Å². The van der Waals surface area contributed by atoms with Gasteiger partial charge in [0.1, 0.15) is 11.3 Å². The first kappa shape index (κ1) is 20.7. The predicted molar refractivity (Wildman–Crippen MR) is 123 cm³/mol. The van der Waals surface area contributed by atoms with Crippen molar-refractivity contribution in [2.75, 3.05) is 12.8 Å². The first-order valence-corrected chi connectivity index (χ1v) is 10.5. The topological polar surface area (TPSA) is 95.1 Å². The quantitative estimate of drug-likeness (QED) is 0.401. The number of rotatable bonds is 9. The molecule has 0 aliphatic rings. The lowest BCUT2D eigenvalue weighted by atomic mass is 10.1. The first-order chi connectivity index (χ1) is 15.2. The Morgan fingerprint density at radius 3 is 2.71 bits per heavy atom. The maximum Gasteiger partial charge on any atom is 0.220 e. The molecule has 0 atom stereocenters. The summed E-state index contributed by atoms with van der Waals surface area (Å²) in [5.41, 5.74) is 9.80. The van der Waals surface area contributed by atoms with E-state index in [1.807, 2.05) is 48.8 Å². The lowest BCUT2D eigenvalue weighted by Crippen LogP contribution is -2.22. The molecule has 0 aliphatic carbocycles. The SMILES string of the molecule is COc1ccc(CNC(=O)CCCCCn2cnc3c(N)nc4ccccc4c32)cc1. The highest BCUT2D eigenvalue weighted by Gasteiger charge is 2.11. The molecule has 0 radical (unpaired) electrons. The van der Waals surface area contributed by atoms with Gasteiger partial charge < -0.3 is 20.4 Å². The Balaban J connectivity index is 1.25. The summed E-state index contributed by atoms with van der Waals surface area (Å²) in [7, 11) is 1.64. The number of nitrogen functional groups attached to an aromatic ring is 1. The van der Waals surface area contributed by atoms with Gasteiger partial charge in [0, 0.05) is 24.9 Å². The number of aromatic nitrogens is 3. The average molecular weight is 418 g/mol. The molecule has 4 rings (SSSR count). The summed E-state index contributed by atoms with van der Waals surface area (Å²) in [5, 5.41) is 4.03. The van der Waals surface area contributed by atoms with E-state index in [1.54, 1.807) is 7.11 Å². The number of pyridine rings is 1. The molecule has 2 aromatic carbocycles. The lowest BCUT2D eigenvalue weighted by Gasteiger charge is -2.08. The number of para-hydroxylation sites is 1. The molecule has 3 N–H and O–H groups in total. The smallest absolute Gasteiger partial charge is 0.220 e. The van der Waals surface area contributed by atoms with Crippen molar-refractivity contribution in [3.05, 3.63) is 60.4 Å². The van der Waals surface area contributed by atoms with E-state index in [0.29, 0.717) is 18.8 Å². The van der Waals surface area contributed by atoms with Gasteiger partial charge in [0.25, 0.3) is 0 Å². The van der Waals surface area contributed by atoms with Crippen molar-refractivity contribution in [1.29, 1.82) is 0 Å². The van der Waals surface area contributed by atoms with Crippen LogP contribution in [0.2, 0.25) is 0 Å². The fraction of sp³-hybridized carbons (Fsp3) is 0.292. The van der Waals surface area contributed by atoms with Crippen LogP contribution in [0.5, 0.6) is 5.75 Å². The molecule has 2 aromatic heterocycles. The third-order valence-corrected chi connectivity index (χ3v) is 5.43. The maximum absolute atomic E-state index is 12.1. The number of anilines is 1. The Bertz CT molecular complexity index is 1180. The monoisotopic (exact) mass is 417 g/mol. The molecular weight excluding hydrogens is 390 g/mol. The third-order valence-electron chi connectivity index (χ3n) is 5.43. The zero-order chi connectivity index (χ0) is 21.6. The van der Waals surface area contributed by atoms with Crippen LogP contribution in [0.1, 0.15) is 31.2 Å². The number of hydrogen-bond donors (Lipinski definition) is 2. The van der Waals surface area contributed by atoms with Gasteiger partial charge in [-0.25, -0.2) is 9.97 Å². The molecule has 7 nitrogen and oxygen atoms in total. The Kier molecular flexibility index (Phi) is 6.31. The van der Waals surface area contributed by atoms with Crippen LogP contribution in [-0.2, 0) is 17.9 Å². The molecule has 0 bridgehead atoms. The van der Waals surface area contributed by atoms with Gasteiger partial charge in [0.05, 0.1) is 24.5 Å². The molecule has 2 heterocycles. The molecule has 1 amide bonds. The number of hydrogen-bond acceptors (Lipinski definition) is 5. The summed E-state index contributed by atoms with van der Waals surface area (Å²) >= 11 is 0. The standard InChI is InChI=1S/C24H27N5O2/c1-31-18-12-10-17(11-13-18)15-26-21(30)9-3-2-6-14-29-16-27-22-23(29)19-7-4-5-8-20(19)28-24(22)25/h4-5,7-8,10-13,16H,2-3,6,9,14-15H2,1H3,(H2,25,28)(H,26,30). The minimum absolute atomic E-state index is 0.0775. The van der Waals surface area contributed by atoms with Crippen molar-refractivity contribution in [3.63, 3.8) is 0 Å². The summed E-state index contributed by atoms with van der Waals surface area (Å²) in [6, 6.07) is 15.7. The summed E-state index contributed by atoms with van der Waals surface area (Å²) in [6.45, 7) is 1.36. The van der Waals surface area contributed by atoms with Gasteiger partial charge in [-0.3, -0.25) is 4.79 Å². The van der Waals surface area contributed by atoms with E-state index >= 15 is 0 Å². The molecule has 0 fully saturated rings. The average Bonchev–Trinajstić information content (AvgIpc) is 3.23. The van der Waals surface area contributed by atoms with Crippen LogP contribution in [0.25, 0.3) is 21.9 Å². The van der Waals surface area contributed by atoms with Crippen LogP contribution in [-0.4, -0.2) is 27.6 Å². The van der Waals surface area contributed by atoms with E-state index in [0.717, 1.165) is 59.1 Å². The number of aryl methyl sites for hydroxylation is 1. The zero-order valence-electron chi connectivity index (χ0n) is 17.7. The van der Waals surface area contributed by atoms with Gasteiger partial charge in [-0.15, -0.1) is 0 Å². The fourth-order valence-corrected chi connectivity index (χ4v) is 3.75. The van der Waals surface area contributed by atoms with Crippen LogP contribution >= 0.6 is 0 Å². The number of unbranched alkanes of at least 4 members (excludes halogenated alkanes) is 2. The summed E-state index contributed by atoms with van der Waals surface area (Å²) in [4.78, 5) is 21.0. The minimum atomic E-state index is 0.0775. The van der Waals surface area contributed by atoms with Gasteiger partial charge in [0.15, 0.2) is 5.82 Å². The third kappa shape index (κ3) is 4.77. The van der Waals surface area contributed by atoms with Crippen LogP contribution in [0.4, 0.5) is 5.82 Å². The maximum atomic E-state index is 12.1. The summed E-state index contributed by atoms with van der Waals surface area (Å²) < 4.78 is 7.28. The number of nitrogens with two attached hydrogens (primary N) is 1. The van der Waals surface area contributed by atoms with Crippen molar-refractivity contribution in [3.8, 4) is 5.75 Å². The number of nitrogens with one attached hydrogen (secondary N) is 1. The number of methoxy groups -OCH3 is 1. The first-order valence-electron chi connectivity index (χ1n) is 10.5. The van der Waals surface area contributed by atoms with Crippen molar-refractivity contribution >= 4 is 33.7 Å². The number of carbonyl (C=O) groups excluding carboxylic acids is 1. The van der Waals surface area contributed by atoms with Gasteiger partial charge in [0.2, 0.25) is 5.91 Å². The molecule has 0 unspecified atom stereocenters. The van der Waals surface area contributed by atoms with E-state index < -0.39 is 0 Å². The van der Waals surface area contributed by atoms with E-state index in [-0.39, 0.29) is 5.91 Å². The Morgan fingerprint density at radius 2 is 1.90 bits per heavy atom. The number of ether oxygens (including phenoxy) is 1. The normalized spacial score (nSPS) is 11.1. The van der Waals surface area contributed by atoms with Gasteiger partial charge >= 0.3 is 0 Å². The largest absolute Gasteiger partial charge is 0.497 e. The van der Waals surface area contributed by atoms with Crippen molar-refractivity contribution in [2.24, 2.45) is 0 Å². The zero-order valence-corrected chi connectivity index (χ0v) is 17.7. The molecule has 7 heteroatoms. The lowest BCUT2D eigenvalue weighted by molar-refractivity contribution is -0.121. The van der Waals surface area contributed by atoms with E-state index in [2.05, 4.69) is 25.9 Å². The highest BCUT2D eigenvalue weighted by molar-refractivity contribution is 6.06. The second-order valence-corrected chi connectivity index (χ2v) is 7.58. The van der Waals surface area contributed by atoms with Crippen molar-refractivity contribution < 1.29 is 9.53 Å². The minimum Gasteiger partial charge on any atom is -0.497 e. The molecule has 0 spiro atoms. The number of nitrogens with zero attached hydrogens (tertiary/aromatic N) is 3. The van der Waals surface area contributed by atoms with E-state index in [9.17, 15) is 4.79 Å². The van der Waals surface area contributed by atoms with Crippen molar-refractivity contribution in [2.45, 2.75) is 38.8 Å². The summed E-state index contributed by atoms with van der Waals surface area (Å²) in [6.07, 6.45) is 5.14. The second-order valence-electron chi connectivity index (χ2n) is 7.58. The Morgan fingerprint density at radius 1 is 1.10 bits per heavy atom. The second kappa shape index (κ2) is 9.47. The molecule has 0 aliphatic heterocycles. The number of benzene rings is 2. The fourth-order valence-electron chi connectivity index (χ4n) is 3.75.